The number of carbonyl (C=O) groups is 1. The van der Waals surface area contributed by atoms with Gasteiger partial charge < -0.3 is 5.32 Å². The molecule has 104 valence electrons. The Balaban J connectivity index is 2.09. The number of amides is 1. The number of pyridine rings is 1. The topological polar surface area (TPSA) is 42.0 Å². The first-order valence-electron chi connectivity index (χ1n) is 6.99. The highest BCUT2D eigenvalue weighted by Crippen LogP contribution is 2.16. The summed E-state index contributed by atoms with van der Waals surface area (Å²) in [6, 6.07) is 11.6. The molecule has 2 aromatic rings. The molecule has 0 saturated heterocycles. The molecule has 0 fully saturated rings. The molecule has 0 saturated carbocycles. The number of aromatic nitrogens is 1. The van der Waals surface area contributed by atoms with Gasteiger partial charge in [0.2, 0.25) is 0 Å². The Morgan fingerprint density at radius 2 is 2.05 bits per heavy atom. The number of hydrogen-bond acceptors (Lipinski definition) is 2. The van der Waals surface area contributed by atoms with E-state index in [9.17, 15) is 4.79 Å². The molecule has 0 aliphatic rings. The zero-order chi connectivity index (χ0) is 14.4. The summed E-state index contributed by atoms with van der Waals surface area (Å²) in [5.74, 6) is -0.128. The number of benzene rings is 1. The third-order valence-electron chi connectivity index (χ3n) is 3.35. The van der Waals surface area contributed by atoms with Crippen molar-refractivity contribution in [2.75, 3.05) is 0 Å². The SMILES string of the molecule is CCCc1cccc(C)c1CNC(=O)c1ccccn1. The fourth-order valence-electron chi connectivity index (χ4n) is 2.28. The lowest BCUT2D eigenvalue weighted by Gasteiger charge is -2.13. The van der Waals surface area contributed by atoms with Gasteiger partial charge in [-0.3, -0.25) is 9.78 Å². The van der Waals surface area contributed by atoms with Crippen molar-refractivity contribution < 1.29 is 4.79 Å². The van der Waals surface area contributed by atoms with Crippen molar-refractivity contribution in [3.05, 3.63) is 65.0 Å². The van der Waals surface area contributed by atoms with E-state index in [1.54, 1.807) is 18.3 Å². The molecule has 0 aliphatic carbocycles. The van der Waals surface area contributed by atoms with Gasteiger partial charge in [-0.05, 0) is 42.2 Å². The molecule has 3 heteroatoms. The minimum Gasteiger partial charge on any atom is -0.347 e. The number of rotatable bonds is 5. The van der Waals surface area contributed by atoms with Crippen LogP contribution in [0.3, 0.4) is 0 Å². The van der Waals surface area contributed by atoms with Crippen molar-refractivity contribution >= 4 is 5.91 Å². The Bertz CT molecular complexity index is 579. The van der Waals surface area contributed by atoms with Crippen LogP contribution >= 0.6 is 0 Å². The van der Waals surface area contributed by atoms with Gasteiger partial charge in [-0.1, -0.05) is 37.6 Å². The van der Waals surface area contributed by atoms with Crippen molar-refractivity contribution in [3.63, 3.8) is 0 Å². The van der Waals surface area contributed by atoms with Crippen LogP contribution in [0.4, 0.5) is 0 Å². The van der Waals surface area contributed by atoms with E-state index in [0.29, 0.717) is 12.2 Å². The molecule has 1 N–H and O–H groups in total. The maximum atomic E-state index is 12.0. The minimum absolute atomic E-state index is 0.128. The van der Waals surface area contributed by atoms with Crippen molar-refractivity contribution in [2.45, 2.75) is 33.2 Å². The van der Waals surface area contributed by atoms with Crippen LogP contribution in [0.1, 0.15) is 40.5 Å². The standard InChI is InChI=1S/C17H20N2O/c1-3-7-14-9-6-8-13(2)15(14)12-19-17(20)16-10-4-5-11-18-16/h4-6,8-11H,3,7,12H2,1-2H3,(H,19,20). The van der Waals surface area contributed by atoms with E-state index in [-0.39, 0.29) is 5.91 Å². The summed E-state index contributed by atoms with van der Waals surface area (Å²) in [6.07, 6.45) is 3.77. The van der Waals surface area contributed by atoms with Crippen molar-refractivity contribution in [1.29, 1.82) is 0 Å². The van der Waals surface area contributed by atoms with Crippen LogP contribution in [0.25, 0.3) is 0 Å². The molecule has 0 aliphatic heterocycles. The van der Waals surface area contributed by atoms with Crippen LogP contribution in [0.2, 0.25) is 0 Å². The summed E-state index contributed by atoms with van der Waals surface area (Å²) in [6.45, 7) is 4.80. The van der Waals surface area contributed by atoms with Gasteiger partial charge in [0.15, 0.2) is 0 Å². The summed E-state index contributed by atoms with van der Waals surface area (Å²) in [5.41, 5.74) is 4.21. The summed E-state index contributed by atoms with van der Waals surface area (Å²) in [7, 11) is 0. The predicted octanol–water partition coefficient (Wildman–Crippen LogP) is 3.27. The predicted molar refractivity (Wildman–Crippen MR) is 80.6 cm³/mol. The van der Waals surface area contributed by atoms with Gasteiger partial charge in [0.05, 0.1) is 0 Å². The second-order valence-electron chi connectivity index (χ2n) is 4.86. The molecule has 1 aromatic carbocycles. The van der Waals surface area contributed by atoms with E-state index in [4.69, 9.17) is 0 Å². The quantitative estimate of drug-likeness (QED) is 0.904. The first-order chi connectivity index (χ1) is 9.72. The maximum absolute atomic E-state index is 12.0. The largest absolute Gasteiger partial charge is 0.347 e. The monoisotopic (exact) mass is 268 g/mol. The smallest absolute Gasteiger partial charge is 0.270 e. The Morgan fingerprint density at radius 1 is 1.20 bits per heavy atom. The Morgan fingerprint density at radius 3 is 2.75 bits per heavy atom. The molecule has 1 heterocycles. The highest BCUT2D eigenvalue weighted by molar-refractivity contribution is 5.92. The zero-order valence-corrected chi connectivity index (χ0v) is 12.0. The van der Waals surface area contributed by atoms with E-state index >= 15 is 0 Å². The molecule has 2 rings (SSSR count). The lowest BCUT2D eigenvalue weighted by Crippen LogP contribution is -2.24. The normalized spacial score (nSPS) is 10.3. The van der Waals surface area contributed by atoms with Crippen LogP contribution in [0.15, 0.2) is 42.6 Å². The summed E-state index contributed by atoms with van der Waals surface area (Å²) in [5, 5.41) is 2.95. The average molecular weight is 268 g/mol. The fraction of sp³-hybridized carbons (Fsp3) is 0.294. The van der Waals surface area contributed by atoms with Crippen molar-refractivity contribution in [3.8, 4) is 0 Å². The molecule has 1 aromatic heterocycles. The van der Waals surface area contributed by atoms with Crippen molar-refractivity contribution in [1.82, 2.24) is 10.3 Å². The van der Waals surface area contributed by atoms with Gasteiger partial charge in [0.25, 0.3) is 5.91 Å². The minimum atomic E-state index is -0.128. The van der Waals surface area contributed by atoms with Crippen LogP contribution in [-0.2, 0) is 13.0 Å². The lowest BCUT2D eigenvalue weighted by atomic mass is 9.98. The lowest BCUT2D eigenvalue weighted by molar-refractivity contribution is 0.0946. The van der Waals surface area contributed by atoms with Crippen LogP contribution in [0.5, 0.6) is 0 Å². The number of nitrogens with one attached hydrogen (secondary N) is 1. The molecular formula is C17H20N2O. The first-order valence-corrected chi connectivity index (χ1v) is 6.99. The Kier molecular flexibility index (Phi) is 4.88. The van der Waals surface area contributed by atoms with Crippen molar-refractivity contribution in [2.24, 2.45) is 0 Å². The van der Waals surface area contributed by atoms with E-state index in [1.807, 2.05) is 6.07 Å². The van der Waals surface area contributed by atoms with E-state index in [1.165, 1.54) is 16.7 Å². The third-order valence-corrected chi connectivity index (χ3v) is 3.35. The number of hydrogen-bond donors (Lipinski definition) is 1. The molecule has 0 bridgehead atoms. The van der Waals surface area contributed by atoms with Crippen LogP contribution in [0, 0.1) is 6.92 Å². The highest BCUT2D eigenvalue weighted by Gasteiger charge is 2.09. The molecule has 0 unspecified atom stereocenters. The molecular weight excluding hydrogens is 248 g/mol. The van der Waals surface area contributed by atoms with E-state index in [0.717, 1.165) is 12.8 Å². The van der Waals surface area contributed by atoms with E-state index in [2.05, 4.69) is 42.3 Å². The molecule has 0 atom stereocenters. The fourth-order valence-corrected chi connectivity index (χ4v) is 2.28. The molecule has 3 nitrogen and oxygen atoms in total. The first kappa shape index (κ1) is 14.3. The second kappa shape index (κ2) is 6.85. The molecule has 0 radical (unpaired) electrons. The van der Waals surface area contributed by atoms with Gasteiger partial charge in [-0.25, -0.2) is 0 Å². The number of nitrogens with zero attached hydrogens (tertiary/aromatic N) is 1. The van der Waals surface area contributed by atoms with Gasteiger partial charge in [-0.2, -0.15) is 0 Å². The summed E-state index contributed by atoms with van der Waals surface area (Å²) in [4.78, 5) is 16.1. The zero-order valence-electron chi connectivity index (χ0n) is 12.0. The van der Waals surface area contributed by atoms with Crippen LogP contribution < -0.4 is 5.32 Å². The van der Waals surface area contributed by atoms with Gasteiger partial charge in [-0.15, -0.1) is 0 Å². The number of carbonyl (C=O) groups excluding carboxylic acids is 1. The van der Waals surface area contributed by atoms with E-state index < -0.39 is 0 Å². The Hall–Kier alpha value is -2.16. The van der Waals surface area contributed by atoms with Gasteiger partial charge >= 0.3 is 0 Å². The average Bonchev–Trinajstić information content (AvgIpc) is 2.47. The molecule has 1 amide bonds. The second-order valence-corrected chi connectivity index (χ2v) is 4.86. The van der Waals surface area contributed by atoms with Gasteiger partial charge in [0, 0.05) is 12.7 Å². The Labute approximate surface area is 120 Å². The summed E-state index contributed by atoms with van der Waals surface area (Å²) >= 11 is 0. The molecule has 0 spiro atoms. The van der Waals surface area contributed by atoms with Crippen LogP contribution in [-0.4, -0.2) is 10.9 Å². The maximum Gasteiger partial charge on any atom is 0.270 e. The highest BCUT2D eigenvalue weighted by atomic mass is 16.1. The number of aryl methyl sites for hydroxylation is 2. The summed E-state index contributed by atoms with van der Waals surface area (Å²) < 4.78 is 0. The third kappa shape index (κ3) is 3.44. The van der Waals surface area contributed by atoms with Gasteiger partial charge in [0.1, 0.15) is 5.69 Å². The molecule has 20 heavy (non-hydrogen) atoms.